The lowest BCUT2D eigenvalue weighted by atomic mass is 10.0. The molecule has 118 valence electrons. The van der Waals surface area contributed by atoms with Crippen LogP contribution in [0, 0.1) is 0 Å². The largest absolute Gasteiger partial charge is 0.261 e. The molecular formula is C20H18N4. The van der Waals surface area contributed by atoms with Gasteiger partial charge in [0, 0.05) is 11.1 Å². The highest BCUT2D eigenvalue weighted by molar-refractivity contribution is 5.80. The van der Waals surface area contributed by atoms with Gasteiger partial charge in [0.25, 0.3) is 0 Å². The molecule has 0 aliphatic heterocycles. The molecule has 1 heterocycles. The number of hydrazone groups is 1. The van der Waals surface area contributed by atoms with Gasteiger partial charge in [0.2, 0.25) is 0 Å². The number of anilines is 1. The topological polar surface area (TPSA) is 50.2 Å². The first kappa shape index (κ1) is 14.6. The maximum atomic E-state index is 4.54. The first-order chi connectivity index (χ1) is 11.9. The standard InChI is InChI=1S/C20H18N4/c1-2-7-15(8-3-1)13-23-24-20-18-12-6-10-16-9-4-5-11-17(16)19(18)21-14-22-20/h1-5,7-9,11,13-14H,6,10,12H2,(H,21,22,24)/b23-13+. The molecule has 0 bridgehead atoms. The molecule has 2 aromatic carbocycles. The number of benzene rings is 2. The Balaban J connectivity index is 1.66. The third-order valence-corrected chi connectivity index (χ3v) is 4.27. The highest BCUT2D eigenvalue weighted by Crippen LogP contribution is 2.33. The summed E-state index contributed by atoms with van der Waals surface area (Å²) in [6.07, 6.45) is 6.53. The van der Waals surface area contributed by atoms with E-state index in [-0.39, 0.29) is 0 Å². The number of aromatic nitrogens is 2. The summed E-state index contributed by atoms with van der Waals surface area (Å²) in [5.41, 5.74) is 8.89. The number of rotatable bonds is 3. The Labute approximate surface area is 141 Å². The van der Waals surface area contributed by atoms with Gasteiger partial charge in [0.1, 0.15) is 6.33 Å². The Bertz CT molecular complexity index is 872. The molecule has 0 saturated heterocycles. The number of nitrogens with zero attached hydrogens (tertiary/aromatic N) is 3. The highest BCUT2D eigenvalue weighted by Gasteiger charge is 2.18. The molecule has 1 aliphatic carbocycles. The fourth-order valence-electron chi connectivity index (χ4n) is 3.11. The molecule has 3 aromatic rings. The molecule has 1 aromatic heterocycles. The summed E-state index contributed by atoms with van der Waals surface area (Å²) in [5, 5.41) is 4.34. The minimum absolute atomic E-state index is 0.795. The van der Waals surface area contributed by atoms with Crippen molar-refractivity contribution in [2.75, 3.05) is 5.43 Å². The highest BCUT2D eigenvalue weighted by atomic mass is 15.3. The van der Waals surface area contributed by atoms with Gasteiger partial charge in [-0.05, 0) is 30.4 Å². The van der Waals surface area contributed by atoms with Crippen LogP contribution in [0.15, 0.2) is 66.0 Å². The monoisotopic (exact) mass is 314 g/mol. The summed E-state index contributed by atoms with van der Waals surface area (Å²) in [6.45, 7) is 0. The first-order valence-corrected chi connectivity index (χ1v) is 8.18. The Morgan fingerprint density at radius 2 is 1.75 bits per heavy atom. The normalized spacial score (nSPS) is 13.2. The molecule has 0 saturated carbocycles. The molecule has 1 aliphatic rings. The fourth-order valence-corrected chi connectivity index (χ4v) is 3.11. The first-order valence-electron chi connectivity index (χ1n) is 8.18. The van der Waals surface area contributed by atoms with E-state index in [2.05, 4.69) is 44.8 Å². The van der Waals surface area contributed by atoms with Crippen molar-refractivity contribution in [2.24, 2.45) is 5.10 Å². The molecule has 4 heteroatoms. The zero-order chi connectivity index (χ0) is 16.2. The van der Waals surface area contributed by atoms with Gasteiger partial charge in [-0.1, -0.05) is 54.6 Å². The van der Waals surface area contributed by atoms with E-state index in [4.69, 9.17) is 0 Å². The second-order valence-corrected chi connectivity index (χ2v) is 5.84. The van der Waals surface area contributed by atoms with Crippen molar-refractivity contribution in [1.29, 1.82) is 0 Å². The second kappa shape index (κ2) is 6.62. The van der Waals surface area contributed by atoms with Gasteiger partial charge in [-0.3, -0.25) is 5.43 Å². The van der Waals surface area contributed by atoms with Crippen molar-refractivity contribution >= 4 is 12.0 Å². The lowest BCUT2D eigenvalue weighted by Crippen LogP contribution is -2.02. The van der Waals surface area contributed by atoms with Crippen LogP contribution in [-0.2, 0) is 12.8 Å². The van der Waals surface area contributed by atoms with Crippen LogP contribution in [-0.4, -0.2) is 16.2 Å². The molecule has 0 unspecified atom stereocenters. The predicted molar refractivity (Wildman–Crippen MR) is 97.2 cm³/mol. The molecule has 0 spiro atoms. The van der Waals surface area contributed by atoms with E-state index < -0.39 is 0 Å². The number of hydrogen-bond acceptors (Lipinski definition) is 4. The van der Waals surface area contributed by atoms with Crippen LogP contribution in [0.2, 0.25) is 0 Å². The van der Waals surface area contributed by atoms with Crippen LogP contribution in [0.5, 0.6) is 0 Å². The van der Waals surface area contributed by atoms with Gasteiger partial charge < -0.3 is 0 Å². The predicted octanol–water partition coefficient (Wildman–Crippen LogP) is 4.08. The van der Waals surface area contributed by atoms with Gasteiger partial charge in [0.15, 0.2) is 5.82 Å². The quantitative estimate of drug-likeness (QED) is 0.585. The maximum absolute atomic E-state index is 4.54. The molecule has 0 fully saturated rings. The summed E-state index contributed by atoms with van der Waals surface area (Å²) < 4.78 is 0. The van der Waals surface area contributed by atoms with E-state index in [1.54, 1.807) is 12.5 Å². The second-order valence-electron chi connectivity index (χ2n) is 5.84. The molecule has 0 radical (unpaired) electrons. The molecular weight excluding hydrogens is 296 g/mol. The van der Waals surface area contributed by atoms with Crippen molar-refractivity contribution in [1.82, 2.24) is 9.97 Å². The van der Waals surface area contributed by atoms with Gasteiger partial charge >= 0.3 is 0 Å². The van der Waals surface area contributed by atoms with Crippen molar-refractivity contribution in [3.05, 3.63) is 77.6 Å². The number of nitrogens with one attached hydrogen (secondary N) is 1. The van der Waals surface area contributed by atoms with Gasteiger partial charge in [-0.15, -0.1) is 0 Å². The Kier molecular flexibility index (Phi) is 4.02. The zero-order valence-corrected chi connectivity index (χ0v) is 13.3. The van der Waals surface area contributed by atoms with Crippen molar-refractivity contribution in [2.45, 2.75) is 19.3 Å². The third-order valence-electron chi connectivity index (χ3n) is 4.27. The maximum Gasteiger partial charge on any atom is 0.153 e. The smallest absolute Gasteiger partial charge is 0.153 e. The number of fused-ring (bicyclic) bond motifs is 3. The Hall–Kier alpha value is -3.01. The average Bonchev–Trinajstić information content (AvgIpc) is 2.83. The SMILES string of the molecule is C(=N\Nc1ncnc2c1CCCc1ccccc1-2)/c1ccccc1. The van der Waals surface area contributed by atoms with Gasteiger partial charge in [-0.25, -0.2) is 9.97 Å². The van der Waals surface area contributed by atoms with Crippen molar-refractivity contribution < 1.29 is 0 Å². The summed E-state index contributed by atoms with van der Waals surface area (Å²) in [5.74, 6) is 0.795. The summed E-state index contributed by atoms with van der Waals surface area (Å²) in [6, 6.07) is 18.5. The van der Waals surface area contributed by atoms with E-state index in [0.717, 1.165) is 41.9 Å². The van der Waals surface area contributed by atoms with E-state index in [1.807, 2.05) is 30.3 Å². The van der Waals surface area contributed by atoms with Crippen LogP contribution in [0.3, 0.4) is 0 Å². The van der Waals surface area contributed by atoms with Crippen LogP contribution in [0.25, 0.3) is 11.3 Å². The van der Waals surface area contributed by atoms with E-state index in [9.17, 15) is 0 Å². The minimum Gasteiger partial charge on any atom is -0.261 e. The van der Waals surface area contributed by atoms with Gasteiger partial charge in [0.05, 0.1) is 11.9 Å². The minimum atomic E-state index is 0.795. The molecule has 1 N–H and O–H groups in total. The molecule has 4 rings (SSSR count). The summed E-state index contributed by atoms with van der Waals surface area (Å²) >= 11 is 0. The summed E-state index contributed by atoms with van der Waals surface area (Å²) in [4.78, 5) is 8.95. The molecule has 0 amide bonds. The van der Waals surface area contributed by atoms with Crippen LogP contribution in [0.1, 0.15) is 23.1 Å². The zero-order valence-electron chi connectivity index (χ0n) is 13.3. The Morgan fingerprint density at radius 1 is 0.917 bits per heavy atom. The number of hydrogen-bond donors (Lipinski definition) is 1. The Morgan fingerprint density at radius 3 is 2.67 bits per heavy atom. The van der Waals surface area contributed by atoms with Gasteiger partial charge in [-0.2, -0.15) is 5.10 Å². The summed E-state index contributed by atoms with van der Waals surface area (Å²) in [7, 11) is 0. The third kappa shape index (κ3) is 2.91. The molecule has 24 heavy (non-hydrogen) atoms. The van der Waals surface area contributed by atoms with E-state index in [1.165, 1.54) is 11.1 Å². The fraction of sp³-hybridized carbons (Fsp3) is 0.150. The van der Waals surface area contributed by atoms with Crippen molar-refractivity contribution in [3.8, 4) is 11.3 Å². The number of aryl methyl sites for hydroxylation is 1. The van der Waals surface area contributed by atoms with Crippen LogP contribution < -0.4 is 5.43 Å². The average molecular weight is 314 g/mol. The van der Waals surface area contributed by atoms with Crippen molar-refractivity contribution in [3.63, 3.8) is 0 Å². The van der Waals surface area contributed by atoms with E-state index in [0.29, 0.717) is 0 Å². The molecule has 0 atom stereocenters. The van der Waals surface area contributed by atoms with Crippen LogP contribution >= 0.6 is 0 Å². The lowest BCUT2D eigenvalue weighted by molar-refractivity contribution is 0.829. The van der Waals surface area contributed by atoms with E-state index >= 15 is 0 Å². The van der Waals surface area contributed by atoms with Crippen LogP contribution in [0.4, 0.5) is 5.82 Å². The lowest BCUT2D eigenvalue weighted by Gasteiger charge is -2.11. The molecule has 4 nitrogen and oxygen atoms in total.